The van der Waals surface area contributed by atoms with E-state index in [9.17, 15) is 9.90 Å². The van der Waals surface area contributed by atoms with Gasteiger partial charge in [0.05, 0.1) is 12.1 Å². The fraction of sp³-hybridized carbons (Fsp3) is 0.917. The molecule has 1 aliphatic carbocycles. The van der Waals surface area contributed by atoms with Gasteiger partial charge in [-0.1, -0.05) is 6.92 Å². The summed E-state index contributed by atoms with van der Waals surface area (Å²) in [6.07, 6.45) is 3.11. The molecule has 4 nitrogen and oxygen atoms in total. The molecule has 92 valence electrons. The van der Waals surface area contributed by atoms with Crippen molar-refractivity contribution < 1.29 is 9.90 Å². The standard InChI is InChI=1S/C12H22N2O2/c1-3-12(16)8-13(9-12)7-11(15)14(4-2)10-5-6-10/h10,16H,3-9H2,1-2H3. The highest BCUT2D eigenvalue weighted by atomic mass is 16.3. The Kier molecular flexibility index (Phi) is 3.22. The van der Waals surface area contributed by atoms with Crippen LogP contribution < -0.4 is 0 Å². The van der Waals surface area contributed by atoms with E-state index >= 15 is 0 Å². The van der Waals surface area contributed by atoms with Gasteiger partial charge in [-0.3, -0.25) is 9.69 Å². The lowest BCUT2D eigenvalue weighted by molar-refractivity contribution is -0.142. The van der Waals surface area contributed by atoms with Crippen molar-refractivity contribution in [3.05, 3.63) is 0 Å². The highest BCUT2D eigenvalue weighted by Crippen LogP contribution is 2.28. The molecule has 1 saturated carbocycles. The van der Waals surface area contributed by atoms with Crippen molar-refractivity contribution in [2.75, 3.05) is 26.2 Å². The number of nitrogens with zero attached hydrogens (tertiary/aromatic N) is 2. The summed E-state index contributed by atoms with van der Waals surface area (Å²) in [6.45, 7) is 6.62. The van der Waals surface area contributed by atoms with Gasteiger partial charge in [0.25, 0.3) is 0 Å². The number of hydrogen-bond donors (Lipinski definition) is 1. The summed E-state index contributed by atoms with van der Waals surface area (Å²) in [7, 11) is 0. The summed E-state index contributed by atoms with van der Waals surface area (Å²) in [5.74, 6) is 0.225. The van der Waals surface area contributed by atoms with Gasteiger partial charge < -0.3 is 10.0 Å². The zero-order chi connectivity index (χ0) is 11.8. The van der Waals surface area contributed by atoms with E-state index in [4.69, 9.17) is 0 Å². The number of β-amino-alcohol motifs (C(OH)–C–C–N with tert-alkyl or cyclic N) is 1. The molecule has 2 fully saturated rings. The van der Waals surface area contributed by atoms with Crippen LogP contribution in [0.4, 0.5) is 0 Å². The van der Waals surface area contributed by atoms with E-state index in [0.29, 0.717) is 25.7 Å². The van der Waals surface area contributed by atoms with Crippen molar-refractivity contribution in [1.82, 2.24) is 9.80 Å². The summed E-state index contributed by atoms with van der Waals surface area (Å²) >= 11 is 0. The van der Waals surface area contributed by atoms with Crippen LogP contribution in [0.1, 0.15) is 33.1 Å². The Morgan fingerprint density at radius 2 is 2.06 bits per heavy atom. The van der Waals surface area contributed by atoms with Gasteiger partial charge in [0, 0.05) is 25.7 Å². The molecule has 1 amide bonds. The van der Waals surface area contributed by atoms with Gasteiger partial charge in [0.1, 0.15) is 0 Å². The molecule has 0 aromatic rings. The number of aliphatic hydroxyl groups is 1. The van der Waals surface area contributed by atoms with Crippen LogP contribution in [0, 0.1) is 0 Å². The van der Waals surface area contributed by atoms with Crippen LogP contribution >= 0.6 is 0 Å². The lowest BCUT2D eigenvalue weighted by atomic mass is 9.91. The number of likely N-dealkylation sites (tertiary alicyclic amines) is 1. The number of amides is 1. The first-order valence-electron chi connectivity index (χ1n) is 6.32. The normalized spacial score (nSPS) is 23.9. The first-order chi connectivity index (χ1) is 7.58. The molecule has 1 aliphatic heterocycles. The molecule has 0 spiro atoms. The predicted octanol–water partition coefficient (Wildman–Crippen LogP) is 0.454. The number of carbonyl (C=O) groups is 1. The number of carbonyl (C=O) groups excluding carboxylic acids is 1. The van der Waals surface area contributed by atoms with Crippen LogP contribution in [-0.2, 0) is 4.79 Å². The van der Waals surface area contributed by atoms with E-state index in [0.717, 1.165) is 13.0 Å². The van der Waals surface area contributed by atoms with Crippen molar-refractivity contribution in [3.8, 4) is 0 Å². The van der Waals surface area contributed by atoms with Crippen LogP contribution in [0.3, 0.4) is 0 Å². The SMILES string of the molecule is CCN(C(=O)CN1CC(O)(CC)C1)C1CC1. The van der Waals surface area contributed by atoms with Gasteiger partial charge >= 0.3 is 0 Å². The Morgan fingerprint density at radius 1 is 1.44 bits per heavy atom. The number of rotatable bonds is 5. The van der Waals surface area contributed by atoms with Crippen LogP contribution in [0.5, 0.6) is 0 Å². The van der Waals surface area contributed by atoms with Crippen molar-refractivity contribution in [2.24, 2.45) is 0 Å². The number of hydrogen-bond acceptors (Lipinski definition) is 3. The van der Waals surface area contributed by atoms with Gasteiger partial charge in [-0.2, -0.15) is 0 Å². The minimum absolute atomic E-state index is 0.225. The molecule has 0 bridgehead atoms. The molecule has 1 N–H and O–H groups in total. The van der Waals surface area contributed by atoms with Crippen LogP contribution in [-0.4, -0.2) is 58.6 Å². The van der Waals surface area contributed by atoms with Crippen LogP contribution in [0.2, 0.25) is 0 Å². The van der Waals surface area contributed by atoms with Gasteiger partial charge in [-0.25, -0.2) is 0 Å². The highest BCUT2D eigenvalue weighted by molar-refractivity contribution is 5.79. The van der Waals surface area contributed by atoms with E-state index < -0.39 is 5.60 Å². The average Bonchev–Trinajstić information content (AvgIpc) is 3.00. The van der Waals surface area contributed by atoms with E-state index in [-0.39, 0.29) is 5.91 Å². The topological polar surface area (TPSA) is 43.8 Å². The molecule has 1 heterocycles. The van der Waals surface area contributed by atoms with Gasteiger partial charge in [0.15, 0.2) is 0 Å². The number of likely N-dealkylation sites (N-methyl/N-ethyl adjacent to an activating group) is 1. The fourth-order valence-electron chi connectivity index (χ4n) is 2.43. The van der Waals surface area contributed by atoms with Gasteiger partial charge in [-0.15, -0.1) is 0 Å². The first kappa shape index (κ1) is 11.9. The summed E-state index contributed by atoms with van der Waals surface area (Å²) in [4.78, 5) is 16.0. The van der Waals surface area contributed by atoms with E-state index in [1.54, 1.807) is 0 Å². The Bertz CT molecular complexity index is 270. The van der Waals surface area contributed by atoms with Crippen molar-refractivity contribution in [3.63, 3.8) is 0 Å². The van der Waals surface area contributed by atoms with Crippen molar-refractivity contribution >= 4 is 5.91 Å². The second-order valence-corrected chi connectivity index (χ2v) is 5.13. The summed E-state index contributed by atoms with van der Waals surface area (Å²) in [5.41, 5.74) is -0.531. The molecule has 0 aromatic heterocycles. The summed E-state index contributed by atoms with van der Waals surface area (Å²) in [5, 5.41) is 9.85. The van der Waals surface area contributed by atoms with E-state index in [2.05, 4.69) is 0 Å². The van der Waals surface area contributed by atoms with Gasteiger partial charge in [0.2, 0.25) is 5.91 Å². The molecule has 0 aromatic carbocycles. The molecule has 1 saturated heterocycles. The molecule has 2 aliphatic rings. The monoisotopic (exact) mass is 226 g/mol. The molecule has 0 atom stereocenters. The first-order valence-corrected chi connectivity index (χ1v) is 6.32. The minimum Gasteiger partial charge on any atom is -0.387 e. The lowest BCUT2D eigenvalue weighted by Crippen LogP contribution is -2.63. The minimum atomic E-state index is -0.531. The quantitative estimate of drug-likeness (QED) is 0.740. The molecule has 16 heavy (non-hydrogen) atoms. The maximum absolute atomic E-state index is 12.0. The smallest absolute Gasteiger partial charge is 0.236 e. The third-order valence-corrected chi connectivity index (χ3v) is 3.70. The van der Waals surface area contributed by atoms with Crippen LogP contribution in [0.25, 0.3) is 0 Å². The molecule has 0 radical (unpaired) electrons. The summed E-state index contributed by atoms with van der Waals surface area (Å²) in [6, 6.07) is 0.504. The average molecular weight is 226 g/mol. The molecule has 0 unspecified atom stereocenters. The Labute approximate surface area is 97.2 Å². The zero-order valence-electron chi connectivity index (χ0n) is 10.3. The lowest BCUT2D eigenvalue weighted by Gasteiger charge is -2.46. The van der Waals surface area contributed by atoms with E-state index in [1.165, 1.54) is 12.8 Å². The van der Waals surface area contributed by atoms with Crippen molar-refractivity contribution in [2.45, 2.75) is 44.8 Å². The Morgan fingerprint density at radius 3 is 2.50 bits per heavy atom. The maximum Gasteiger partial charge on any atom is 0.236 e. The fourth-order valence-corrected chi connectivity index (χ4v) is 2.43. The highest BCUT2D eigenvalue weighted by Gasteiger charge is 2.41. The van der Waals surface area contributed by atoms with Crippen LogP contribution in [0.15, 0.2) is 0 Å². The third-order valence-electron chi connectivity index (χ3n) is 3.70. The van der Waals surface area contributed by atoms with Crippen molar-refractivity contribution in [1.29, 1.82) is 0 Å². The summed E-state index contributed by atoms with van der Waals surface area (Å²) < 4.78 is 0. The third kappa shape index (κ3) is 2.38. The van der Waals surface area contributed by atoms with E-state index in [1.807, 2.05) is 23.6 Å². The molecule has 4 heteroatoms. The second kappa shape index (κ2) is 4.34. The molecule has 2 rings (SSSR count). The predicted molar refractivity (Wildman–Crippen MR) is 62.1 cm³/mol. The molecular formula is C12H22N2O2. The Hall–Kier alpha value is -0.610. The molecular weight excluding hydrogens is 204 g/mol. The van der Waals surface area contributed by atoms with Gasteiger partial charge in [-0.05, 0) is 26.2 Å². The largest absolute Gasteiger partial charge is 0.387 e. The Balaban J connectivity index is 1.76. The zero-order valence-corrected chi connectivity index (χ0v) is 10.3. The second-order valence-electron chi connectivity index (χ2n) is 5.13. The maximum atomic E-state index is 12.0.